The van der Waals surface area contributed by atoms with E-state index in [9.17, 15) is 4.39 Å². The molecule has 0 saturated carbocycles. The smallest absolute Gasteiger partial charge is 0.319 e. The summed E-state index contributed by atoms with van der Waals surface area (Å²) in [5.74, 6) is 0.125. The molecule has 2 unspecified atom stereocenters. The monoisotopic (exact) mass is 579 g/mol. The van der Waals surface area contributed by atoms with Gasteiger partial charge in [0, 0.05) is 43.3 Å². The highest BCUT2D eigenvalue weighted by atomic mass is 19.1. The van der Waals surface area contributed by atoms with Crippen LogP contribution in [0.5, 0.6) is 11.9 Å². The normalized spacial score (nSPS) is 27.4. The molecular formula is C31H39F2N7O2. The largest absolute Gasteiger partial charge is 0.474 e. The fraction of sp³-hybridized carbons (Fsp3) is 0.581. The Morgan fingerprint density at radius 3 is 2.90 bits per heavy atom. The first-order valence-corrected chi connectivity index (χ1v) is 15.3. The number of alkyl halides is 1. The molecule has 4 N–H and O–H groups in total. The maximum absolute atomic E-state index is 16.6. The van der Waals surface area contributed by atoms with Gasteiger partial charge in [-0.05, 0) is 75.3 Å². The van der Waals surface area contributed by atoms with Crippen LogP contribution in [0.25, 0.3) is 22.2 Å². The lowest BCUT2D eigenvalue weighted by atomic mass is 9.83. The van der Waals surface area contributed by atoms with E-state index in [1.54, 1.807) is 6.07 Å². The third kappa shape index (κ3) is 4.80. The average Bonchev–Trinajstić information content (AvgIpc) is 3.46. The van der Waals surface area contributed by atoms with E-state index in [0.717, 1.165) is 56.2 Å². The van der Waals surface area contributed by atoms with Crippen molar-refractivity contribution < 1.29 is 18.3 Å². The molecule has 42 heavy (non-hydrogen) atoms. The second kappa shape index (κ2) is 10.8. The van der Waals surface area contributed by atoms with Crippen molar-refractivity contribution in [3.8, 4) is 23.1 Å². The number of nitrogens with one attached hydrogen (secondary N) is 2. The van der Waals surface area contributed by atoms with Gasteiger partial charge in [0.2, 0.25) is 5.88 Å². The van der Waals surface area contributed by atoms with Crippen molar-refractivity contribution in [3.63, 3.8) is 0 Å². The van der Waals surface area contributed by atoms with Gasteiger partial charge in [-0.3, -0.25) is 4.90 Å². The van der Waals surface area contributed by atoms with Gasteiger partial charge in [0.15, 0.2) is 5.82 Å². The summed E-state index contributed by atoms with van der Waals surface area (Å²) in [7, 11) is 0. The Bertz CT molecular complexity index is 1520. The number of nitrogens with zero attached hydrogens (tertiary/aromatic N) is 4. The molecule has 9 nitrogen and oxygen atoms in total. The number of rotatable bonds is 5. The molecule has 7 rings (SSSR count). The number of halogens is 2. The summed E-state index contributed by atoms with van der Waals surface area (Å²) in [6, 6.07) is 4.04. The van der Waals surface area contributed by atoms with E-state index in [0.29, 0.717) is 48.5 Å². The van der Waals surface area contributed by atoms with E-state index in [1.807, 2.05) is 13.0 Å². The first-order chi connectivity index (χ1) is 20.3. The molecule has 224 valence electrons. The number of fused-ring (bicyclic) bond motifs is 2. The summed E-state index contributed by atoms with van der Waals surface area (Å²) >= 11 is 0. The summed E-state index contributed by atoms with van der Waals surface area (Å²) in [4.78, 5) is 16.3. The standard InChI is InChI=1S/C31H39F2N7O2/c1-3-21-11-17(2)42-29-24-27(25(33)26(37-29)23-13-20(34)12-18-5-6-22(18)23)38-30(39-28(24)36-9-8-35-21)41-16-31-7-4-10-40(31)15-19(32)14-31/h12-13,17,19,21,35H,3-11,14-16,34H2,1-2H3,(H,36,38,39)/t17-,19+,21?,31?/m0/s1. The van der Waals surface area contributed by atoms with Gasteiger partial charge >= 0.3 is 6.01 Å². The number of hydrogen-bond acceptors (Lipinski definition) is 9. The quantitative estimate of drug-likeness (QED) is 0.379. The number of benzene rings is 1. The molecule has 2 fully saturated rings. The lowest BCUT2D eigenvalue weighted by Crippen LogP contribution is -2.43. The van der Waals surface area contributed by atoms with Gasteiger partial charge in [-0.15, -0.1) is 0 Å². The third-order valence-corrected chi connectivity index (χ3v) is 9.50. The maximum atomic E-state index is 16.6. The van der Waals surface area contributed by atoms with E-state index < -0.39 is 12.0 Å². The van der Waals surface area contributed by atoms with Crippen molar-refractivity contribution in [1.29, 1.82) is 0 Å². The number of ether oxygens (including phenoxy) is 2. The molecule has 3 aliphatic heterocycles. The van der Waals surface area contributed by atoms with Crippen LogP contribution in [0.3, 0.4) is 0 Å². The van der Waals surface area contributed by atoms with Gasteiger partial charge in [0.1, 0.15) is 35.2 Å². The maximum Gasteiger partial charge on any atom is 0.319 e. The highest BCUT2D eigenvalue weighted by Crippen LogP contribution is 2.43. The van der Waals surface area contributed by atoms with Crippen molar-refractivity contribution in [2.24, 2.45) is 0 Å². The van der Waals surface area contributed by atoms with E-state index in [1.165, 1.54) is 0 Å². The SMILES string of the molecule is CCC1C[C@H](C)Oc2nc(-c3cc(N)cc4c3CC4)c(F)c3nc(OCC45CCCN4C[C@H](F)C5)nc(c23)NCCN1. The Morgan fingerprint density at radius 2 is 2.10 bits per heavy atom. The Labute approximate surface area is 244 Å². The van der Waals surface area contributed by atoms with Gasteiger partial charge in [-0.1, -0.05) is 6.92 Å². The minimum absolute atomic E-state index is 0.0541. The Hall–Kier alpha value is -3.31. The summed E-state index contributed by atoms with van der Waals surface area (Å²) in [5, 5.41) is 7.32. The molecule has 4 aliphatic rings. The predicted octanol–water partition coefficient (Wildman–Crippen LogP) is 4.42. The number of nitrogens with two attached hydrogens (primary N) is 1. The number of pyridine rings is 1. The Kier molecular flexibility index (Phi) is 7.05. The molecule has 5 heterocycles. The van der Waals surface area contributed by atoms with Crippen LogP contribution < -0.4 is 25.8 Å². The lowest BCUT2D eigenvalue weighted by Gasteiger charge is -2.30. The first-order valence-electron chi connectivity index (χ1n) is 15.3. The van der Waals surface area contributed by atoms with Crippen molar-refractivity contribution in [1.82, 2.24) is 25.2 Å². The van der Waals surface area contributed by atoms with Crippen LogP contribution in [0.4, 0.5) is 20.3 Å². The van der Waals surface area contributed by atoms with Crippen molar-refractivity contribution in [3.05, 3.63) is 29.1 Å². The number of hydrogen-bond donors (Lipinski definition) is 3. The summed E-state index contributed by atoms with van der Waals surface area (Å²) < 4.78 is 43.7. The van der Waals surface area contributed by atoms with E-state index in [-0.39, 0.29) is 47.4 Å². The van der Waals surface area contributed by atoms with Gasteiger partial charge < -0.3 is 25.8 Å². The second-order valence-electron chi connectivity index (χ2n) is 12.4. The zero-order valence-corrected chi connectivity index (χ0v) is 24.3. The number of nitrogen functional groups attached to an aromatic ring is 1. The summed E-state index contributed by atoms with van der Waals surface area (Å²) in [6.07, 6.45) is 4.67. The highest BCUT2D eigenvalue weighted by molar-refractivity contribution is 5.96. The molecule has 3 aromatic rings. The molecule has 1 aliphatic carbocycles. The third-order valence-electron chi connectivity index (χ3n) is 9.50. The Morgan fingerprint density at radius 1 is 1.21 bits per heavy atom. The molecule has 1 aromatic carbocycles. The molecule has 0 spiro atoms. The zero-order valence-electron chi connectivity index (χ0n) is 24.3. The highest BCUT2D eigenvalue weighted by Gasteiger charge is 2.49. The zero-order chi connectivity index (χ0) is 29.0. The molecule has 2 aromatic heterocycles. The van der Waals surface area contributed by atoms with E-state index in [4.69, 9.17) is 25.2 Å². The Balaban J connectivity index is 1.35. The molecular weight excluding hydrogens is 540 g/mol. The van der Waals surface area contributed by atoms with Crippen molar-refractivity contribution in [2.75, 3.05) is 43.8 Å². The summed E-state index contributed by atoms with van der Waals surface area (Å²) in [5.41, 5.74) is 9.50. The average molecular weight is 580 g/mol. The second-order valence-corrected chi connectivity index (χ2v) is 12.4. The van der Waals surface area contributed by atoms with Crippen LogP contribution in [0.15, 0.2) is 12.1 Å². The molecule has 11 heteroatoms. The fourth-order valence-corrected chi connectivity index (χ4v) is 7.28. The lowest BCUT2D eigenvalue weighted by molar-refractivity contribution is 0.107. The number of aryl methyl sites for hydroxylation is 1. The fourth-order valence-electron chi connectivity index (χ4n) is 7.28. The predicted molar refractivity (Wildman–Crippen MR) is 158 cm³/mol. The van der Waals surface area contributed by atoms with Gasteiger partial charge in [-0.2, -0.15) is 9.97 Å². The first kappa shape index (κ1) is 27.5. The molecule has 0 amide bonds. The number of anilines is 2. The summed E-state index contributed by atoms with van der Waals surface area (Å²) in [6.45, 7) is 6.93. The van der Waals surface area contributed by atoms with Crippen LogP contribution >= 0.6 is 0 Å². The van der Waals surface area contributed by atoms with Gasteiger partial charge in [0.25, 0.3) is 0 Å². The van der Waals surface area contributed by atoms with Crippen molar-refractivity contribution >= 4 is 22.4 Å². The topological polar surface area (TPSA) is 110 Å². The van der Waals surface area contributed by atoms with E-state index in [2.05, 4.69) is 27.4 Å². The van der Waals surface area contributed by atoms with E-state index >= 15 is 4.39 Å². The minimum Gasteiger partial charge on any atom is -0.474 e. The molecule has 0 bridgehead atoms. The van der Waals surface area contributed by atoms with Crippen LogP contribution in [-0.2, 0) is 12.8 Å². The van der Waals surface area contributed by atoms with Crippen molar-refractivity contribution in [2.45, 2.75) is 82.6 Å². The van der Waals surface area contributed by atoms with Gasteiger partial charge in [-0.25, -0.2) is 13.8 Å². The van der Waals surface area contributed by atoms with Crippen LogP contribution in [0, 0.1) is 5.82 Å². The minimum atomic E-state index is -0.874. The molecule has 4 atom stereocenters. The van der Waals surface area contributed by atoms with Crippen LogP contribution in [0.2, 0.25) is 0 Å². The van der Waals surface area contributed by atoms with Gasteiger partial charge in [0.05, 0.1) is 11.6 Å². The number of aromatic nitrogens is 3. The van der Waals surface area contributed by atoms with Crippen LogP contribution in [0.1, 0.15) is 57.1 Å². The molecule has 0 radical (unpaired) electrons. The molecule has 2 saturated heterocycles. The van der Waals surface area contributed by atoms with Crippen LogP contribution in [-0.4, -0.2) is 76.5 Å².